The van der Waals surface area contributed by atoms with E-state index in [1.165, 1.54) is 6.42 Å². The summed E-state index contributed by atoms with van der Waals surface area (Å²) in [6.45, 7) is 9.96. The third-order valence-electron chi connectivity index (χ3n) is 6.98. The lowest BCUT2D eigenvalue weighted by atomic mass is 9.95. The maximum absolute atomic E-state index is 13.6. The molecule has 0 N–H and O–H groups in total. The molecule has 0 spiro atoms. The molecule has 2 unspecified atom stereocenters. The van der Waals surface area contributed by atoms with Crippen molar-refractivity contribution in [3.8, 4) is 0 Å². The van der Waals surface area contributed by atoms with Crippen LogP contribution in [0.1, 0.15) is 31.4 Å². The molecule has 2 fully saturated rings. The Bertz CT molecular complexity index is 838. The van der Waals surface area contributed by atoms with Gasteiger partial charge in [-0.15, -0.1) is 0 Å². The monoisotopic (exact) mass is 435 g/mol. The third kappa shape index (κ3) is 5.48. The van der Waals surface area contributed by atoms with Gasteiger partial charge in [0.2, 0.25) is 5.91 Å². The molecule has 2 aromatic rings. The van der Waals surface area contributed by atoms with Crippen molar-refractivity contribution in [1.29, 1.82) is 0 Å². The van der Waals surface area contributed by atoms with E-state index in [2.05, 4.69) is 62.8 Å². The number of rotatable bonds is 7. The maximum Gasteiger partial charge on any atom is 0.244 e. The number of amides is 1. The van der Waals surface area contributed by atoms with Crippen molar-refractivity contribution in [2.45, 2.75) is 25.8 Å². The number of piperidine rings is 1. The Morgan fingerprint density at radius 3 is 2.50 bits per heavy atom. The zero-order valence-electron chi connectivity index (χ0n) is 19.6. The summed E-state index contributed by atoms with van der Waals surface area (Å²) in [5.41, 5.74) is 1.09. The van der Waals surface area contributed by atoms with Gasteiger partial charge >= 0.3 is 0 Å². The Hall–Kier alpha value is -2.44. The number of hydrogen-bond donors (Lipinski definition) is 0. The van der Waals surface area contributed by atoms with Crippen LogP contribution in [-0.2, 0) is 4.79 Å². The van der Waals surface area contributed by atoms with Gasteiger partial charge < -0.3 is 9.80 Å². The van der Waals surface area contributed by atoms with E-state index >= 15 is 0 Å². The van der Waals surface area contributed by atoms with Crippen molar-refractivity contribution in [3.05, 3.63) is 60.3 Å². The number of likely N-dealkylation sites (N-methyl/N-ethyl adjacent to an activating group) is 1. The van der Waals surface area contributed by atoms with Crippen molar-refractivity contribution >= 4 is 11.7 Å². The quantitative estimate of drug-likeness (QED) is 0.669. The predicted molar refractivity (Wildman–Crippen MR) is 130 cm³/mol. The van der Waals surface area contributed by atoms with E-state index in [9.17, 15) is 4.79 Å². The molecule has 2 aliphatic rings. The van der Waals surface area contributed by atoms with Crippen LogP contribution in [0.15, 0.2) is 54.7 Å². The lowest BCUT2D eigenvalue weighted by Crippen LogP contribution is -2.51. The van der Waals surface area contributed by atoms with Gasteiger partial charge in [-0.2, -0.15) is 0 Å². The fraction of sp³-hybridized carbons (Fsp3) is 0.538. The molecule has 1 aromatic carbocycles. The Kier molecular flexibility index (Phi) is 7.76. The molecule has 0 radical (unpaired) electrons. The summed E-state index contributed by atoms with van der Waals surface area (Å²) < 4.78 is 0. The number of benzene rings is 1. The van der Waals surface area contributed by atoms with E-state index in [-0.39, 0.29) is 11.9 Å². The summed E-state index contributed by atoms with van der Waals surface area (Å²) in [6.07, 6.45) is 4.18. The van der Waals surface area contributed by atoms with Crippen LogP contribution in [0.4, 0.5) is 5.82 Å². The molecule has 172 valence electrons. The van der Waals surface area contributed by atoms with E-state index in [1.807, 2.05) is 30.5 Å². The molecule has 3 heterocycles. The van der Waals surface area contributed by atoms with E-state index in [0.717, 1.165) is 70.2 Å². The topological polar surface area (TPSA) is 42.9 Å². The molecular weight excluding hydrogens is 398 g/mol. The highest BCUT2D eigenvalue weighted by Crippen LogP contribution is 2.26. The summed E-state index contributed by atoms with van der Waals surface area (Å²) in [4.78, 5) is 27.3. The highest BCUT2D eigenvalue weighted by Gasteiger charge is 2.32. The second kappa shape index (κ2) is 10.9. The number of pyridine rings is 1. The molecule has 0 aliphatic carbocycles. The first kappa shape index (κ1) is 22.7. The number of nitrogens with zero attached hydrogens (tertiary/aromatic N) is 5. The van der Waals surface area contributed by atoms with Crippen molar-refractivity contribution in [1.82, 2.24) is 19.7 Å². The van der Waals surface area contributed by atoms with Crippen LogP contribution in [0.25, 0.3) is 0 Å². The normalized spacial score (nSPS) is 21.0. The molecule has 1 amide bonds. The summed E-state index contributed by atoms with van der Waals surface area (Å²) in [5.74, 6) is 1.89. The minimum atomic E-state index is -0.193. The van der Waals surface area contributed by atoms with Crippen molar-refractivity contribution < 1.29 is 4.79 Å². The zero-order chi connectivity index (χ0) is 22.3. The Morgan fingerprint density at radius 1 is 1.06 bits per heavy atom. The van der Waals surface area contributed by atoms with Crippen LogP contribution in [0.2, 0.25) is 0 Å². The second-order valence-corrected chi connectivity index (χ2v) is 9.15. The first-order chi connectivity index (χ1) is 15.7. The lowest BCUT2D eigenvalue weighted by Gasteiger charge is -2.41. The number of anilines is 1. The van der Waals surface area contributed by atoms with Gasteiger partial charge in [0.05, 0.1) is 0 Å². The molecular formula is C26H37N5O. The standard InChI is InChI=1S/C26H37N5O/c1-3-28(2)25(23-11-5-4-6-12-23)26(32)31-15-9-10-22(21-31)20-29-16-18-30(19-17-29)24-13-7-8-14-27-24/h4-8,11-14,22,25H,3,9-10,15-21H2,1-2H3. The summed E-state index contributed by atoms with van der Waals surface area (Å²) in [7, 11) is 2.05. The highest BCUT2D eigenvalue weighted by molar-refractivity contribution is 5.83. The van der Waals surface area contributed by atoms with Gasteiger partial charge in [0.1, 0.15) is 11.9 Å². The first-order valence-electron chi connectivity index (χ1n) is 12.1. The molecule has 0 bridgehead atoms. The van der Waals surface area contributed by atoms with Crippen LogP contribution < -0.4 is 4.90 Å². The van der Waals surface area contributed by atoms with Gasteiger partial charge in [-0.25, -0.2) is 4.98 Å². The van der Waals surface area contributed by atoms with Gasteiger partial charge in [-0.3, -0.25) is 14.6 Å². The molecule has 0 saturated carbocycles. The molecule has 6 nitrogen and oxygen atoms in total. The average molecular weight is 436 g/mol. The number of carbonyl (C=O) groups excluding carboxylic acids is 1. The zero-order valence-corrected chi connectivity index (χ0v) is 19.6. The highest BCUT2D eigenvalue weighted by atomic mass is 16.2. The Morgan fingerprint density at radius 2 is 1.81 bits per heavy atom. The Balaban J connectivity index is 1.33. The van der Waals surface area contributed by atoms with Crippen molar-refractivity contribution in [2.75, 3.05) is 64.3 Å². The number of likely N-dealkylation sites (tertiary alicyclic amines) is 1. The van der Waals surface area contributed by atoms with Gasteiger partial charge in [0, 0.05) is 52.0 Å². The molecule has 6 heteroatoms. The van der Waals surface area contributed by atoms with Crippen LogP contribution >= 0.6 is 0 Å². The summed E-state index contributed by atoms with van der Waals surface area (Å²) in [5, 5.41) is 0. The number of aromatic nitrogens is 1. The van der Waals surface area contributed by atoms with E-state index in [1.54, 1.807) is 0 Å². The van der Waals surface area contributed by atoms with Crippen LogP contribution in [0, 0.1) is 5.92 Å². The van der Waals surface area contributed by atoms with Crippen molar-refractivity contribution in [2.24, 2.45) is 5.92 Å². The molecule has 1 aromatic heterocycles. The molecule has 2 atom stereocenters. The number of hydrogen-bond acceptors (Lipinski definition) is 5. The molecule has 2 aliphatic heterocycles. The van der Waals surface area contributed by atoms with Gasteiger partial charge in [-0.1, -0.05) is 43.3 Å². The van der Waals surface area contributed by atoms with E-state index < -0.39 is 0 Å². The second-order valence-electron chi connectivity index (χ2n) is 9.15. The summed E-state index contributed by atoms with van der Waals surface area (Å²) >= 11 is 0. The maximum atomic E-state index is 13.6. The van der Waals surface area contributed by atoms with Crippen LogP contribution in [0.5, 0.6) is 0 Å². The van der Waals surface area contributed by atoms with Crippen molar-refractivity contribution in [3.63, 3.8) is 0 Å². The smallest absolute Gasteiger partial charge is 0.244 e. The number of piperazine rings is 1. The third-order valence-corrected chi connectivity index (χ3v) is 6.98. The Labute approximate surface area is 192 Å². The largest absolute Gasteiger partial charge is 0.354 e. The SMILES string of the molecule is CCN(C)C(C(=O)N1CCCC(CN2CCN(c3ccccn3)CC2)C1)c1ccccc1. The predicted octanol–water partition coefficient (Wildman–Crippen LogP) is 3.14. The van der Waals surface area contributed by atoms with Gasteiger partial charge in [0.25, 0.3) is 0 Å². The fourth-order valence-electron chi connectivity index (χ4n) is 5.06. The molecule has 32 heavy (non-hydrogen) atoms. The fourth-order valence-corrected chi connectivity index (χ4v) is 5.06. The molecule has 2 saturated heterocycles. The minimum Gasteiger partial charge on any atom is -0.354 e. The number of carbonyl (C=O) groups is 1. The minimum absolute atomic E-state index is 0.193. The van der Waals surface area contributed by atoms with E-state index in [4.69, 9.17) is 0 Å². The van der Waals surface area contributed by atoms with Gasteiger partial charge in [0.15, 0.2) is 0 Å². The lowest BCUT2D eigenvalue weighted by molar-refractivity contribution is -0.138. The average Bonchev–Trinajstić information content (AvgIpc) is 2.86. The first-order valence-corrected chi connectivity index (χ1v) is 12.1. The summed E-state index contributed by atoms with van der Waals surface area (Å²) in [6, 6.07) is 16.2. The molecule has 4 rings (SSSR count). The van der Waals surface area contributed by atoms with E-state index in [0.29, 0.717) is 5.92 Å². The van der Waals surface area contributed by atoms with Gasteiger partial charge in [-0.05, 0) is 50.0 Å². The van der Waals surface area contributed by atoms with Crippen LogP contribution in [-0.4, -0.2) is 85.0 Å². The van der Waals surface area contributed by atoms with Crippen LogP contribution in [0.3, 0.4) is 0 Å².